The molecule has 3 aromatic rings. The van der Waals surface area contributed by atoms with E-state index in [9.17, 15) is 4.39 Å². The molecule has 126 valence electrons. The summed E-state index contributed by atoms with van der Waals surface area (Å²) in [4.78, 5) is 13.1. The molecule has 0 spiro atoms. The Hall–Kier alpha value is -2.29. The molecule has 0 amide bonds. The predicted octanol–water partition coefficient (Wildman–Crippen LogP) is 4.60. The van der Waals surface area contributed by atoms with Crippen LogP contribution in [0.25, 0.3) is 11.3 Å². The van der Waals surface area contributed by atoms with Crippen molar-refractivity contribution in [1.29, 1.82) is 0 Å². The van der Waals surface area contributed by atoms with Gasteiger partial charge in [0.2, 0.25) is 5.95 Å². The van der Waals surface area contributed by atoms with Crippen molar-refractivity contribution in [3.8, 4) is 11.3 Å². The maximum Gasteiger partial charge on any atom is 0.225 e. The van der Waals surface area contributed by atoms with Gasteiger partial charge >= 0.3 is 0 Å². The van der Waals surface area contributed by atoms with E-state index < -0.39 is 0 Å². The smallest absolute Gasteiger partial charge is 0.225 e. The van der Waals surface area contributed by atoms with Crippen molar-refractivity contribution in [3.63, 3.8) is 0 Å². The molecule has 2 N–H and O–H groups in total. The molecule has 0 radical (unpaired) electrons. The van der Waals surface area contributed by atoms with E-state index in [4.69, 9.17) is 0 Å². The standard InChI is InChI=1S/C18H15FIN5/c19-14-9-12(20)1-4-15(14)23-17-10-16(11-5-7-21-8-6-11)24-18(25-17)22-13-2-3-13/h1,4-10,13H,2-3H2,(H2,22,23,24,25). The molecule has 4 rings (SSSR count). The zero-order valence-electron chi connectivity index (χ0n) is 13.2. The number of benzene rings is 1. The van der Waals surface area contributed by atoms with Gasteiger partial charge in [0.25, 0.3) is 0 Å². The lowest BCUT2D eigenvalue weighted by Gasteiger charge is -2.12. The Morgan fingerprint density at radius 3 is 2.56 bits per heavy atom. The molecule has 7 heteroatoms. The monoisotopic (exact) mass is 447 g/mol. The van der Waals surface area contributed by atoms with Crippen LogP contribution in [0.2, 0.25) is 0 Å². The summed E-state index contributed by atoms with van der Waals surface area (Å²) in [5.41, 5.74) is 2.08. The summed E-state index contributed by atoms with van der Waals surface area (Å²) in [5.74, 6) is 0.781. The number of aromatic nitrogens is 3. The highest BCUT2D eigenvalue weighted by atomic mass is 127. The Morgan fingerprint density at radius 2 is 1.84 bits per heavy atom. The fourth-order valence-corrected chi connectivity index (χ4v) is 2.84. The lowest BCUT2D eigenvalue weighted by molar-refractivity contribution is 0.631. The third-order valence-corrected chi connectivity index (χ3v) is 4.48. The third-order valence-electron chi connectivity index (χ3n) is 3.81. The molecule has 0 unspecified atom stereocenters. The number of nitrogens with one attached hydrogen (secondary N) is 2. The lowest BCUT2D eigenvalue weighted by atomic mass is 10.2. The summed E-state index contributed by atoms with van der Waals surface area (Å²) in [5, 5.41) is 6.36. The summed E-state index contributed by atoms with van der Waals surface area (Å²) in [6.45, 7) is 0. The molecule has 5 nitrogen and oxygen atoms in total. The molecular weight excluding hydrogens is 432 g/mol. The number of hydrogen-bond donors (Lipinski definition) is 2. The van der Waals surface area contributed by atoms with Crippen molar-refractivity contribution in [3.05, 3.63) is 58.2 Å². The highest BCUT2D eigenvalue weighted by Crippen LogP contribution is 2.28. The summed E-state index contributed by atoms with van der Waals surface area (Å²) in [6.07, 6.45) is 5.68. The van der Waals surface area contributed by atoms with Gasteiger partial charge in [-0.15, -0.1) is 0 Å². The minimum Gasteiger partial charge on any atom is -0.351 e. The van der Waals surface area contributed by atoms with E-state index in [0.29, 0.717) is 23.5 Å². The summed E-state index contributed by atoms with van der Waals surface area (Å²) in [6, 6.07) is 11.1. The predicted molar refractivity (Wildman–Crippen MR) is 104 cm³/mol. The average molecular weight is 447 g/mol. The third kappa shape index (κ3) is 4.04. The molecule has 0 bridgehead atoms. The molecule has 0 atom stereocenters. The van der Waals surface area contributed by atoms with E-state index in [2.05, 4.69) is 48.2 Å². The fraction of sp³-hybridized carbons (Fsp3) is 0.167. The van der Waals surface area contributed by atoms with Crippen molar-refractivity contribution < 1.29 is 4.39 Å². The second-order valence-electron chi connectivity index (χ2n) is 5.87. The number of hydrogen-bond acceptors (Lipinski definition) is 5. The Kier molecular flexibility index (Phi) is 4.48. The Labute approximate surface area is 158 Å². The number of anilines is 3. The van der Waals surface area contributed by atoms with Gasteiger partial charge in [-0.25, -0.2) is 9.37 Å². The van der Waals surface area contributed by atoms with Crippen molar-refractivity contribution in [2.45, 2.75) is 18.9 Å². The Morgan fingerprint density at radius 1 is 1.04 bits per heavy atom. The van der Waals surface area contributed by atoms with E-state index in [0.717, 1.165) is 27.7 Å². The number of rotatable bonds is 5. The fourth-order valence-electron chi connectivity index (χ4n) is 2.39. The van der Waals surface area contributed by atoms with E-state index in [1.807, 2.05) is 24.3 Å². The van der Waals surface area contributed by atoms with Crippen LogP contribution in [-0.4, -0.2) is 21.0 Å². The molecule has 25 heavy (non-hydrogen) atoms. The largest absolute Gasteiger partial charge is 0.351 e. The first kappa shape index (κ1) is 16.2. The maximum atomic E-state index is 14.1. The molecule has 2 heterocycles. The first-order chi connectivity index (χ1) is 12.2. The summed E-state index contributed by atoms with van der Waals surface area (Å²) in [7, 11) is 0. The van der Waals surface area contributed by atoms with Crippen LogP contribution in [-0.2, 0) is 0 Å². The van der Waals surface area contributed by atoms with Gasteiger partial charge in [-0.1, -0.05) is 0 Å². The van der Waals surface area contributed by atoms with E-state index >= 15 is 0 Å². The number of halogens is 2. The van der Waals surface area contributed by atoms with Gasteiger partial charge in [-0.2, -0.15) is 4.98 Å². The second-order valence-corrected chi connectivity index (χ2v) is 7.11. The van der Waals surface area contributed by atoms with Crippen LogP contribution in [0.15, 0.2) is 48.8 Å². The van der Waals surface area contributed by atoms with Gasteiger partial charge in [-0.3, -0.25) is 4.98 Å². The molecule has 0 saturated heterocycles. The Bertz CT molecular complexity index is 899. The highest BCUT2D eigenvalue weighted by molar-refractivity contribution is 14.1. The number of nitrogens with zero attached hydrogens (tertiary/aromatic N) is 3. The SMILES string of the molecule is Fc1cc(I)ccc1Nc1cc(-c2ccncc2)nc(NC2CC2)n1. The second kappa shape index (κ2) is 6.91. The van der Waals surface area contributed by atoms with Crippen molar-refractivity contribution in [2.75, 3.05) is 10.6 Å². The van der Waals surface area contributed by atoms with Gasteiger partial charge in [0.05, 0.1) is 11.4 Å². The van der Waals surface area contributed by atoms with Crippen LogP contribution in [0, 0.1) is 9.39 Å². The average Bonchev–Trinajstić information content (AvgIpc) is 3.42. The van der Waals surface area contributed by atoms with Crippen LogP contribution >= 0.6 is 22.6 Å². The first-order valence-electron chi connectivity index (χ1n) is 7.95. The van der Waals surface area contributed by atoms with Crippen LogP contribution < -0.4 is 10.6 Å². The highest BCUT2D eigenvalue weighted by Gasteiger charge is 2.22. The van der Waals surface area contributed by atoms with Gasteiger partial charge in [0.15, 0.2) is 0 Å². The summed E-state index contributed by atoms with van der Waals surface area (Å²) >= 11 is 2.08. The molecule has 2 aromatic heterocycles. The van der Waals surface area contributed by atoms with Gasteiger partial charge < -0.3 is 10.6 Å². The van der Waals surface area contributed by atoms with Gasteiger partial charge in [0.1, 0.15) is 11.6 Å². The summed E-state index contributed by atoms with van der Waals surface area (Å²) < 4.78 is 15.0. The molecule has 1 fully saturated rings. The molecule has 1 aliphatic carbocycles. The van der Waals surface area contributed by atoms with Gasteiger partial charge in [0, 0.05) is 33.6 Å². The molecule has 1 saturated carbocycles. The van der Waals surface area contributed by atoms with Crippen molar-refractivity contribution >= 4 is 40.0 Å². The van der Waals surface area contributed by atoms with E-state index in [-0.39, 0.29) is 5.82 Å². The normalized spacial score (nSPS) is 13.5. The minimum atomic E-state index is -0.312. The molecule has 0 aliphatic heterocycles. The van der Waals surface area contributed by atoms with E-state index in [1.165, 1.54) is 6.07 Å². The number of pyridine rings is 1. The van der Waals surface area contributed by atoms with Crippen molar-refractivity contribution in [2.24, 2.45) is 0 Å². The zero-order valence-corrected chi connectivity index (χ0v) is 15.4. The topological polar surface area (TPSA) is 62.7 Å². The van der Waals surface area contributed by atoms with Gasteiger partial charge in [-0.05, 0) is 65.8 Å². The molecule has 1 aliphatic rings. The minimum absolute atomic E-state index is 0.312. The van der Waals surface area contributed by atoms with E-state index in [1.54, 1.807) is 18.5 Å². The molecule has 1 aromatic carbocycles. The Balaban J connectivity index is 1.70. The van der Waals surface area contributed by atoms with Crippen LogP contribution in [0.1, 0.15) is 12.8 Å². The van der Waals surface area contributed by atoms with Crippen LogP contribution in [0.4, 0.5) is 21.8 Å². The van der Waals surface area contributed by atoms with Crippen LogP contribution in [0.5, 0.6) is 0 Å². The zero-order chi connectivity index (χ0) is 17.2. The van der Waals surface area contributed by atoms with Crippen LogP contribution in [0.3, 0.4) is 0 Å². The lowest BCUT2D eigenvalue weighted by Crippen LogP contribution is -2.08. The first-order valence-corrected chi connectivity index (χ1v) is 9.03. The van der Waals surface area contributed by atoms with Crippen molar-refractivity contribution in [1.82, 2.24) is 15.0 Å². The maximum absolute atomic E-state index is 14.1. The quantitative estimate of drug-likeness (QED) is 0.560. The molecular formula is C18H15FIN5.